The largest absolute Gasteiger partial charge is 0.228 e. The normalized spacial score (nSPS) is 16.0. The molecule has 3 aliphatic carbocycles. The summed E-state index contributed by atoms with van der Waals surface area (Å²) >= 11 is 0. The van der Waals surface area contributed by atoms with Crippen LogP contribution in [0, 0.1) is 0 Å². The highest BCUT2D eigenvalue weighted by Gasteiger charge is 2.46. The van der Waals surface area contributed by atoms with Crippen LogP contribution in [0.3, 0.4) is 0 Å². The van der Waals surface area contributed by atoms with E-state index in [9.17, 15) is 0 Å². The summed E-state index contributed by atoms with van der Waals surface area (Å²) in [5.74, 6) is 0.740. The first-order valence-electron chi connectivity index (χ1n) is 18.5. The predicted molar refractivity (Wildman–Crippen MR) is 211 cm³/mol. The molecule has 1 aromatic heterocycles. The van der Waals surface area contributed by atoms with Gasteiger partial charge in [-0.3, -0.25) is 0 Å². The van der Waals surface area contributed by atoms with Gasteiger partial charge in [0.15, 0.2) is 5.82 Å². The fraction of sp³-hybridized carbons (Fsp3) is 0.184. The van der Waals surface area contributed by atoms with Crippen LogP contribution in [0.2, 0.25) is 0 Å². The molecule has 0 saturated heterocycles. The van der Waals surface area contributed by atoms with Gasteiger partial charge >= 0.3 is 0 Å². The third-order valence-corrected chi connectivity index (χ3v) is 12.1. The van der Waals surface area contributed by atoms with Crippen LogP contribution in [0.1, 0.15) is 68.2 Å². The van der Waals surface area contributed by atoms with E-state index >= 15 is 0 Å². The number of hydrogen-bond acceptors (Lipinski definition) is 2. The Kier molecular flexibility index (Phi) is 6.80. The van der Waals surface area contributed by atoms with Gasteiger partial charge in [-0.2, -0.15) is 0 Å². The van der Waals surface area contributed by atoms with Crippen molar-refractivity contribution >= 4 is 0 Å². The van der Waals surface area contributed by atoms with Gasteiger partial charge in [0, 0.05) is 27.5 Å². The maximum Gasteiger partial charge on any atom is 0.160 e. The summed E-state index contributed by atoms with van der Waals surface area (Å²) in [4.78, 5) is 10.2. The molecule has 51 heavy (non-hydrogen) atoms. The molecule has 0 atom stereocenters. The highest BCUT2D eigenvalue weighted by atomic mass is 14.9. The number of aromatic nitrogens is 2. The summed E-state index contributed by atoms with van der Waals surface area (Å²) in [6.07, 6.45) is 6.30. The molecule has 0 unspecified atom stereocenters. The van der Waals surface area contributed by atoms with E-state index in [4.69, 9.17) is 9.97 Å². The first-order chi connectivity index (χ1) is 25.0. The molecule has 2 nitrogen and oxygen atoms in total. The second-order valence-electron chi connectivity index (χ2n) is 15.3. The van der Waals surface area contributed by atoms with Crippen LogP contribution in [-0.2, 0) is 10.8 Å². The molecule has 0 amide bonds. The Hall–Kier alpha value is -5.60. The lowest BCUT2D eigenvalue weighted by Gasteiger charge is -2.36. The topological polar surface area (TPSA) is 25.8 Å². The van der Waals surface area contributed by atoms with Gasteiger partial charge in [0.05, 0.1) is 11.4 Å². The van der Waals surface area contributed by atoms with Crippen molar-refractivity contribution in [1.82, 2.24) is 9.97 Å². The highest BCUT2D eigenvalue weighted by Crippen LogP contribution is 2.60. The zero-order valence-electron chi connectivity index (χ0n) is 29.3. The molecule has 6 aromatic carbocycles. The Morgan fingerprint density at radius 2 is 0.961 bits per heavy atom. The van der Waals surface area contributed by atoms with Crippen LogP contribution in [0.5, 0.6) is 0 Å². The van der Waals surface area contributed by atoms with Crippen molar-refractivity contribution in [2.24, 2.45) is 0 Å². The lowest BCUT2D eigenvalue weighted by atomic mass is 9.67. The quantitative estimate of drug-likeness (QED) is 0.188. The predicted octanol–water partition coefficient (Wildman–Crippen LogP) is 12.7. The van der Waals surface area contributed by atoms with Gasteiger partial charge in [-0.05, 0) is 98.8 Å². The Morgan fingerprint density at radius 3 is 1.75 bits per heavy atom. The second kappa shape index (κ2) is 11.5. The smallest absolute Gasteiger partial charge is 0.160 e. The van der Waals surface area contributed by atoms with E-state index in [2.05, 4.69) is 135 Å². The molecule has 246 valence electrons. The summed E-state index contributed by atoms with van der Waals surface area (Å²) in [6.45, 7) is 4.80. The van der Waals surface area contributed by atoms with Crippen molar-refractivity contribution in [3.8, 4) is 67.3 Å². The molecule has 1 heterocycles. The standard InChI is InChI=1S/C49H40N2/c1-48(2)41-22-11-10-21-37(41)39-30-44-40(29-42(39)48)38-24-23-35(28-43(38)49(44)25-12-5-13-26-49)34-19-14-20-36(27-34)46-31-45(32-15-6-3-7-16-32)50-47(51-46)33-17-8-4-9-18-33/h3-4,6-11,14-24,27-31H,5,12-13,25-26H2,1-2H3. The molecule has 1 spiro atoms. The van der Waals surface area contributed by atoms with Crippen molar-refractivity contribution in [1.29, 1.82) is 0 Å². The minimum atomic E-state index is -0.00837. The molecular weight excluding hydrogens is 617 g/mol. The molecule has 10 rings (SSSR count). The maximum absolute atomic E-state index is 5.13. The number of fused-ring (bicyclic) bond motifs is 8. The minimum Gasteiger partial charge on any atom is -0.228 e. The van der Waals surface area contributed by atoms with Gasteiger partial charge in [-0.15, -0.1) is 0 Å². The lowest BCUT2D eigenvalue weighted by Crippen LogP contribution is -2.28. The van der Waals surface area contributed by atoms with Crippen molar-refractivity contribution in [3.63, 3.8) is 0 Å². The van der Waals surface area contributed by atoms with E-state index < -0.39 is 0 Å². The molecule has 3 aliphatic rings. The van der Waals surface area contributed by atoms with Crippen LogP contribution in [0.25, 0.3) is 67.3 Å². The first-order valence-corrected chi connectivity index (χ1v) is 18.5. The van der Waals surface area contributed by atoms with Gasteiger partial charge in [0.1, 0.15) is 0 Å². The molecule has 0 N–H and O–H groups in total. The van der Waals surface area contributed by atoms with Gasteiger partial charge in [-0.1, -0.05) is 148 Å². The number of rotatable bonds is 4. The van der Waals surface area contributed by atoms with E-state index in [1.807, 2.05) is 24.3 Å². The van der Waals surface area contributed by atoms with Gasteiger partial charge in [0.2, 0.25) is 0 Å². The van der Waals surface area contributed by atoms with E-state index in [0.717, 1.165) is 33.9 Å². The number of nitrogens with zero attached hydrogens (tertiary/aromatic N) is 2. The van der Waals surface area contributed by atoms with Crippen LogP contribution < -0.4 is 0 Å². The summed E-state index contributed by atoms with van der Waals surface area (Å²) in [6, 6.07) is 53.3. The molecular formula is C49H40N2. The van der Waals surface area contributed by atoms with Crippen molar-refractivity contribution < 1.29 is 0 Å². The van der Waals surface area contributed by atoms with Crippen LogP contribution in [0.15, 0.2) is 146 Å². The second-order valence-corrected chi connectivity index (χ2v) is 15.3. The van der Waals surface area contributed by atoms with E-state index in [0.29, 0.717) is 0 Å². The van der Waals surface area contributed by atoms with Crippen molar-refractivity contribution in [3.05, 3.63) is 168 Å². The third-order valence-electron chi connectivity index (χ3n) is 12.1. The summed E-state index contributed by atoms with van der Waals surface area (Å²) in [7, 11) is 0. The number of benzene rings is 6. The SMILES string of the molecule is CC1(C)c2ccccc2-c2cc3c(cc21)-c1ccc(-c2cccc(-c4cc(-c5ccccc5)nc(-c5ccccc5)n4)c2)cc1C31CCCCC1. The summed E-state index contributed by atoms with van der Waals surface area (Å²) < 4.78 is 0. The fourth-order valence-electron chi connectivity index (χ4n) is 9.49. The molecule has 2 heteroatoms. The van der Waals surface area contributed by atoms with Gasteiger partial charge in [-0.25, -0.2) is 9.97 Å². The van der Waals surface area contributed by atoms with Crippen LogP contribution >= 0.6 is 0 Å². The molecule has 0 aliphatic heterocycles. The third kappa shape index (κ3) is 4.69. The fourth-order valence-corrected chi connectivity index (χ4v) is 9.49. The molecule has 1 saturated carbocycles. The van der Waals surface area contributed by atoms with Gasteiger partial charge in [0.25, 0.3) is 0 Å². The zero-order valence-corrected chi connectivity index (χ0v) is 29.3. The highest BCUT2D eigenvalue weighted by molar-refractivity contribution is 5.91. The molecule has 0 radical (unpaired) electrons. The minimum absolute atomic E-state index is 0.00837. The van der Waals surface area contributed by atoms with Crippen LogP contribution in [0.4, 0.5) is 0 Å². The lowest BCUT2D eigenvalue weighted by molar-refractivity contribution is 0.353. The summed E-state index contributed by atoms with van der Waals surface area (Å²) in [5, 5.41) is 0. The summed E-state index contributed by atoms with van der Waals surface area (Å²) in [5.41, 5.74) is 19.3. The van der Waals surface area contributed by atoms with Crippen molar-refractivity contribution in [2.45, 2.75) is 56.8 Å². The number of hydrogen-bond donors (Lipinski definition) is 0. The monoisotopic (exact) mass is 656 g/mol. The zero-order chi connectivity index (χ0) is 34.2. The molecule has 1 fully saturated rings. The van der Waals surface area contributed by atoms with E-state index in [1.165, 1.54) is 82.2 Å². The Balaban J connectivity index is 1.09. The maximum atomic E-state index is 5.13. The Morgan fingerprint density at radius 1 is 0.392 bits per heavy atom. The molecule has 0 bridgehead atoms. The average Bonchev–Trinajstić information content (AvgIpc) is 3.58. The molecule has 7 aromatic rings. The first kappa shape index (κ1) is 30.2. The van der Waals surface area contributed by atoms with Crippen molar-refractivity contribution in [2.75, 3.05) is 0 Å². The van der Waals surface area contributed by atoms with E-state index in [-0.39, 0.29) is 10.8 Å². The van der Waals surface area contributed by atoms with Gasteiger partial charge < -0.3 is 0 Å². The Labute approximate surface area is 300 Å². The van der Waals surface area contributed by atoms with E-state index in [1.54, 1.807) is 5.56 Å². The average molecular weight is 657 g/mol. The van der Waals surface area contributed by atoms with Crippen LogP contribution in [-0.4, -0.2) is 9.97 Å². The Bertz CT molecular complexity index is 2410.